The van der Waals surface area contributed by atoms with E-state index in [1.165, 1.54) is 0 Å². The first kappa shape index (κ1) is 17.2. The van der Waals surface area contributed by atoms with Gasteiger partial charge in [0.15, 0.2) is 5.11 Å². The van der Waals surface area contributed by atoms with Crippen molar-refractivity contribution in [1.29, 1.82) is 0 Å². The average Bonchev–Trinajstić information content (AvgIpc) is 2.48. The fourth-order valence-electron chi connectivity index (χ4n) is 2.35. The molecule has 120 valence electrons. The quantitative estimate of drug-likeness (QED) is 0.728. The summed E-state index contributed by atoms with van der Waals surface area (Å²) >= 11 is 10.8. The van der Waals surface area contributed by atoms with Crippen LogP contribution in [0.3, 0.4) is 0 Å². The predicted molar refractivity (Wildman–Crippen MR) is 100 cm³/mol. The molecule has 4 N–H and O–H groups in total. The van der Waals surface area contributed by atoms with Crippen molar-refractivity contribution in [1.82, 2.24) is 0 Å². The maximum atomic E-state index is 12.4. The molecule has 0 fully saturated rings. The van der Waals surface area contributed by atoms with Crippen LogP contribution in [0.5, 0.6) is 0 Å². The van der Waals surface area contributed by atoms with Gasteiger partial charge in [-0.05, 0) is 67.0 Å². The lowest BCUT2D eigenvalue weighted by atomic mass is 10.0. The third-order valence-electron chi connectivity index (χ3n) is 3.39. The number of thiocarbonyl (C=S) groups is 1. The van der Waals surface area contributed by atoms with E-state index >= 15 is 0 Å². The lowest BCUT2D eigenvalue weighted by Crippen LogP contribution is -2.19. The van der Waals surface area contributed by atoms with Gasteiger partial charge in [0.1, 0.15) is 0 Å². The third-order valence-corrected chi connectivity index (χ3v) is 3.73. The zero-order valence-electron chi connectivity index (χ0n) is 12.9. The van der Waals surface area contributed by atoms with Crippen molar-refractivity contribution in [2.45, 2.75) is 20.3 Å². The number of rotatable bonds is 4. The molecule has 0 heterocycles. The topological polar surface area (TPSA) is 67.2 Å². The predicted octanol–water partition coefficient (Wildman–Crippen LogP) is 4.12. The molecule has 0 aliphatic rings. The van der Waals surface area contributed by atoms with E-state index in [9.17, 15) is 4.79 Å². The van der Waals surface area contributed by atoms with Crippen LogP contribution in [0.4, 0.5) is 11.4 Å². The lowest BCUT2D eigenvalue weighted by Gasteiger charge is -2.16. The van der Waals surface area contributed by atoms with Crippen molar-refractivity contribution in [3.05, 3.63) is 58.1 Å². The molecular weight excluding hydrogens is 330 g/mol. The van der Waals surface area contributed by atoms with Crippen LogP contribution >= 0.6 is 23.8 Å². The van der Waals surface area contributed by atoms with Crippen molar-refractivity contribution < 1.29 is 4.79 Å². The number of anilines is 2. The number of hydrogen-bond donors (Lipinski definition) is 3. The monoisotopic (exact) mass is 347 g/mol. The molecule has 0 radical (unpaired) electrons. The van der Waals surface area contributed by atoms with Crippen LogP contribution in [0.1, 0.15) is 28.4 Å². The second kappa shape index (κ2) is 7.44. The summed E-state index contributed by atoms with van der Waals surface area (Å²) in [6.45, 7) is 3.95. The Morgan fingerprint density at radius 1 is 1.26 bits per heavy atom. The van der Waals surface area contributed by atoms with Gasteiger partial charge in [0, 0.05) is 22.0 Å². The van der Waals surface area contributed by atoms with Crippen LogP contribution in [0.15, 0.2) is 36.4 Å². The minimum atomic E-state index is -0.194. The number of amides is 1. The summed E-state index contributed by atoms with van der Waals surface area (Å²) in [6, 6.07) is 10.7. The van der Waals surface area contributed by atoms with Gasteiger partial charge in [-0.2, -0.15) is 0 Å². The van der Waals surface area contributed by atoms with Crippen LogP contribution < -0.4 is 16.4 Å². The largest absolute Gasteiger partial charge is 0.376 e. The van der Waals surface area contributed by atoms with Crippen molar-refractivity contribution in [2.75, 3.05) is 10.6 Å². The highest BCUT2D eigenvalue weighted by Crippen LogP contribution is 2.27. The van der Waals surface area contributed by atoms with E-state index < -0.39 is 0 Å². The minimum Gasteiger partial charge on any atom is -0.376 e. The van der Waals surface area contributed by atoms with Crippen LogP contribution in [0, 0.1) is 6.92 Å². The van der Waals surface area contributed by atoms with Gasteiger partial charge >= 0.3 is 0 Å². The first-order valence-electron chi connectivity index (χ1n) is 7.17. The normalized spacial score (nSPS) is 10.2. The van der Waals surface area contributed by atoms with Gasteiger partial charge in [-0.25, -0.2) is 0 Å². The van der Waals surface area contributed by atoms with Crippen molar-refractivity contribution in [3.8, 4) is 0 Å². The van der Waals surface area contributed by atoms with Crippen molar-refractivity contribution in [2.24, 2.45) is 5.73 Å². The van der Waals surface area contributed by atoms with Crippen molar-refractivity contribution >= 4 is 46.2 Å². The molecule has 0 saturated heterocycles. The molecule has 6 heteroatoms. The average molecular weight is 348 g/mol. The Morgan fingerprint density at radius 2 is 2.00 bits per heavy atom. The highest BCUT2D eigenvalue weighted by atomic mass is 35.5. The molecule has 4 nitrogen and oxygen atoms in total. The van der Waals surface area contributed by atoms with Gasteiger partial charge in [0.2, 0.25) is 0 Å². The number of hydrogen-bond acceptors (Lipinski definition) is 2. The number of nitrogens with two attached hydrogens (primary N) is 1. The number of aryl methyl sites for hydroxylation is 2. The Labute approximate surface area is 146 Å². The molecule has 0 aliphatic heterocycles. The van der Waals surface area contributed by atoms with E-state index in [2.05, 4.69) is 10.6 Å². The van der Waals surface area contributed by atoms with Crippen LogP contribution in [-0.2, 0) is 6.42 Å². The SMILES string of the molecule is CCc1cc(NC(N)=S)cc(C)c1NC(=O)c1cccc(Cl)c1. The van der Waals surface area contributed by atoms with E-state index in [1.807, 2.05) is 26.0 Å². The summed E-state index contributed by atoms with van der Waals surface area (Å²) in [7, 11) is 0. The maximum absolute atomic E-state index is 12.4. The Hall–Kier alpha value is -2.11. The van der Waals surface area contributed by atoms with Gasteiger partial charge in [-0.1, -0.05) is 24.6 Å². The second-order valence-electron chi connectivity index (χ2n) is 5.13. The summed E-state index contributed by atoms with van der Waals surface area (Å²) in [5.41, 5.74) is 9.57. The number of halogens is 1. The molecule has 0 atom stereocenters. The third kappa shape index (κ3) is 4.43. The number of nitrogens with one attached hydrogen (secondary N) is 2. The lowest BCUT2D eigenvalue weighted by molar-refractivity contribution is 0.102. The summed E-state index contributed by atoms with van der Waals surface area (Å²) in [5, 5.41) is 6.62. The smallest absolute Gasteiger partial charge is 0.255 e. The summed E-state index contributed by atoms with van der Waals surface area (Å²) < 4.78 is 0. The first-order chi connectivity index (χ1) is 10.9. The van der Waals surface area contributed by atoms with E-state index in [-0.39, 0.29) is 11.0 Å². The number of carbonyl (C=O) groups excluding carboxylic acids is 1. The maximum Gasteiger partial charge on any atom is 0.255 e. The molecule has 0 unspecified atom stereocenters. The Morgan fingerprint density at radius 3 is 2.61 bits per heavy atom. The second-order valence-corrected chi connectivity index (χ2v) is 6.01. The number of carbonyl (C=O) groups is 1. The minimum absolute atomic E-state index is 0.194. The van der Waals surface area contributed by atoms with E-state index in [0.717, 1.165) is 28.9 Å². The van der Waals surface area contributed by atoms with Crippen LogP contribution in [0.25, 0.3) is 0 Å². The number of benzene rings is 2. The molecule has 0 aliphatic carbocycles. The molecule has 0 bridgehead atoms. The Balaban J connectivity index is 2.32. The van der Waals surface area contributed by atoms with Gasteiger partial charge in [0.25, 0.3) is 5.91 Å². The van der Waals surface area contributed by atoms with Gasteiger partial charge in [0.05, 0.1) is 0 Å². The Kier molecular flexibility index (Phi) is 5.58. The standard InChI is InChI=1S/C17H18ClN3OS/c1-3-11-9-14(20-17(19)23)7-10(2)15(11)21-16(22)12-5-4-6-13(18)8-12/h4-9H,3H2,1-2H3,(H,21,22)(H3,19,20,23). The highest BCUT2D eigenvalue weighted by molar-refractivity contribution is 7.80. The molecule has 23 heavy (non-hydrogen) atoms. The molecule has 0 aromatic heterocycles. The molecule has 2 aromatic rings. The van der Waals surface area contributed by atoms with Gasteiger partial charge in [-0.15, -0.1) is 0 Å². The first-order valence-corrected chi connectivity index (χ1v) is 7.96. The van der Waals surface area contributed by atoms with Gasteiger partial charge < -0.3 is 16.4 Å². The van der Waals surface area contributed by atoms with E-state index in [1.54, 1.807) is 24.3 Å². The summed E-state index contributed by atoms with van der Waals surface area (Å²) in [4.78, 5) is 12.4. The fraction of sp³-hybridized carbons (Fsp3) is 0.176. The molecule has 1 amide bonds. The molecule has 0 spiro atoms. The summed E-state index contributed by atoms with van der Waals surface area (Å²) in [5.74, 6) is -0.194. The molecule has 2 rings (SSSR count). The molecular formula is C17H18ClN3OS. The van der Waals surface area contributed by atoms with E-state index in [0.29, 0.717) is 10.6 Å². The highest BCUT2D eigenvalue weighted by Gasteiger charge is 2.12. The summed E-state index contributed by atoms with van der Waals surface area (Å²) in [6.07, 6.45) is 0.763. The van der Waals surface area contributed by atoms with Crippen LogP contribution in [0.2, 0.25) is 5.02 Å². The zero-order chi connectivity index (χ0) is 17.0. The van der Waals surface area contributed by atoms with Gasteiger partial charge in [-0.3, -0.25) is 4.79 Å². The molecule has 0 saturated carbocycles. The van der Waals surface area contributed by atoms with Crippen molar-refractivity contribution in [3.63, 3.8) is 0 Å². The molecule has 2 aromatic carbocycles. The van der Waals surface area contributed by atoms with Crippen LogP contribution in [-0.4, -0.2) is 11.0 Å². The zero-order valence-corrected chi connectivity index (χ0v) is 14.5. The Bertz CT molecular complexity index is 761. The fourth-order valence-corrected chi connectivity index (χ4v) is 2.66. The van der Waals surface area contributed by atoms with E-state index in [4.69, 9.17) is 29.6 Å².